The van der Waals surface area contributed by atoms with Gasteiger partial charge in [0.1, 0.15) is 11.5 Å². The zero-order valence-corrected chi connectivity index (χ0v) is 13.7. The Morgan fingerprint density at radius 1 is 1.28 bits per heavy atom. The van der Waals surface area contributed by atoms with E-state index >= 15 is 0 Å². The van der Waals surface area contributed by atoms with Gasteiger partial charge < -0.3 is 9.84 Å². The maximum atomic E-state index is 11.7. The van der Waals surface area contributed by atoms with E-state index in [1.165, 1.54) is 12.1 Å². The Kier molecular flexibility index (Phi) is 5.67. The summed E-state index contributed by atoms with van der Waals surface area (Å²) in [7, 11) is 0. The predicted molar refractivity (Wildman–Crippen MR) is 91.9 cm³/mol. The Labute approximate surface area is 143 Å². The number of non-ortho nitro benzene ring substituents is 1. The lowest BCUT2D eigenvalue weighted by Crippen LogP contribution is -2.24. The van der Waals surface area contributed by atoms with E-state index in [-0.39, 0.29) is 23.6 Å². The summed E-state index contributed by atoms with van der Waals surface area (Å²) in [6.45, 7) is 3.68. The van der Waals surface area contributed by atoms with E-state index in [1.54, 1.807) is 6.07 Å². The molecule has 8 nitrogen and oxygen atoms in total. The Balaban J connectivity index is 1.91. The molecule has 130 valence electrons. The van der Waals surface area contributed by atoms with Gasteiger partial charge in [-0.3, -0.25) is 14.9 Å². The van der Waals surface area contributed by atoms with Crippen molar-refractivity contribution in [1.29, 1.82) is 0 Å². The fourth-order valence-corrected chi connectivity index (χ4v) is 1.92. The molecule has 0 radical (unpaired) electrons. The zero-order valence-electron chi connectivity index (χ0n) is 13.7. The number of hydrazone groups is 1. The number of ether oxygens (including phenoxy) is 1. The van der Waals surface area contributed by atoms with Gasteiger partial charge in [-0.2, -0.15) is 5.10 Å². The molecule has 2 rings (SSSR count). The van der Waals surface area contributed by atoms with Crippen molar-refractivity contribution >= 4 is 17.8 Å². The number of carbonyl (C=O) groups excluding carboxylic acids is 1. The first kappa shape index (κ1) is 17.9. The number of rotatable bonds is 6. The van der Waals surface area contributed by atoms with Crippen LogP contribution in [0.4, 0.5) is 5.69 Å². The minimum Gasteiger partial charge on any atom is -0.507 e. The molecule has 2 aromatic carbocycles. The Morgan fingerprint density at radius 3 is 2.72 bits per heavy atom. The van der Waals surface area contributed by atoms with Gasteiger partial charge in [-0.05, 0) is 43.2 Å². The number of phenolic OH excluding ortho intramolecular Hbond substituents is 1. The number of phenols is 1. The second kappa shape index (κ2) is 7.91. The lowest BCUT2D eigenvalue weighted by atomic mass is 10.1. The third-order valence-electron chi connectivity index (χ3n) is 3.46. The van der Waals surface area contributed by atoms with E-state index < -0.39 is 10.8 Å². The van der Waals surface area contributed by atoms with Crippen molar-refractivity contribution in [3.8, 4) is 11.5 Å². The van der Waals surface area contributed by atoms with Crippen LogP contribution in [-0.2, 0) is 4.79 Å². The Morgan fingerprint density at radius 2 is 2.04 bits per heavy atom. The van der Waals surface area contributed by atoms with Gasteiger partial charge in [-0.1, -0.05) is 6.07 Å². The summed E-state index contributed by atoms with van der Waals surface area (Å²) in [4.78, 5) is 21.8. The molecule has 0 aliphatic heterocycles. The first-order valence-corrected chi connectivity index (χ1v) is 7.36. The molecular weight excluding hydrogens is 326 g/mol. The van der Waals surface area contributed by atoms with Crippen molar-refractivity contribution in [1.82, 2.24) is 5.43 Å². The van der Waals surface area contributed by atoms with Crippen LogP contribution in [0.25, 0.3) is 0 Å². The number of nitrogens with one attached hydrogen (secondary N) is 1. The average Bonchev–Trinajstić information content (AvgIpc) is 2.57. The highest BCUT2D eigenvalue weighted by atomic mass is 16.6. The fraction of sp³-hybridized carbons (Fsp3) is 0.176. The fourth-order valence-electron chi connectivity index (χ4n) is 1.92. The van der Waals surface area contributed by atoms with E-state index in [2.05, 4.69) is 10.5 Å². The van der Waals surface area contributed by atoms with E-state index in [0.29, 0.717) is 5.75 Å². The molecule has 0 saturated heterocycles. The molecule has 2 aromatic rings. The zero-order chi connectivity index (χ0) is 18.4. The molecule has 2 N–H and O–H groups in total. The highest BCUT2D eigenvalue weighted by molar-refractivity contribution is 5.86. The summed E-state index contributed by atoms with van der Waals surface area (Å²) >= 11 is 0. The van der Waals surface area contributed by atoms with Crippen LogP contribution in [0.5, 0.6) is 11.5 Å². The molecular formula is C17H17N3O5. The SMILES string of the molecule is Cc1ccc(OCC(=O)N/N=C/c2cc([N+](=O)[O-])ccc2O)cc1C. The second-order valence-corrected chi connectivity index (χ2v) is 5.33. The summed E-state index contributed by atoms with van der Waals surface area (Å²) in [5.74, 6) is -0.118. The molecule has 25 heavy (non-hydrogen) atoms. The molecule has 0 spiro atoms. The molecule has 0 fully saturated rings. The molecule has 0 saturated carbocycles. The summed E-state index contributed by atoms with van der Waals surface area (Å²) in [6.07, 6.45) is 1.12. The lowest BCUT2D eigenvalue weighted by Gasteiger charge is -2.07. The second-order valence-electron chi connectivity index (χ2n) is 5.33. The third-order valence-corrected chi connectivity index (χ3v) is 3.46. The number of aryl methyl sites for hydroxylation is 2. The van der Waals surface area contributed by atoms with Crippen LogP contribution in [0, 0.1) is 24.0 Å². The van der Waals surface area contributed by atoms with E-state index in [0.717, 1.165) is 23.4 Å². The van der Waals surface area contributed by atoms with Gasteiger partial charge in [0.25, 0.3) is 11.6 Å². The standard InChI is InChI=1S/C17H17N3O5/c1-11-3-5-15(7-12(11)2)25-10-17(22)19-18-9-13-8-14(20(23)24)4-6-16(13)21/h3-9,21H,10H2,1-2H3,(H,19,22)/b18-9+. The highest BCUT2D eigenvalue weighted by Gasteiger charge is 2.09. The first-order valence-electron chi connectivity index (χ1n) is 7.36. The van der Waals surface area contributed by atoms with Gasteiger partial charge in [0.15, 0.2) is 6.61 Å². The van der Waals surface area contributed by atoms with Crippen LogP contribution in [-0.4, -0.2) is 28.8 Å². The number of aromatic hydroxyl groups is 1. The van der Waals surface area contributed by atoms with Crippen molar-refractivity contribution in [2.45, 2.75) is 13.8 Å². The van der Waals surface area contributed by atoms with Crippen LogP contribution >= 0.6 is 0 Å². The molecule has 0 aliphatic carbocycles. The number of hydrogen-bond acceptors (Lipinski definition) is 6. The summed E-state index contributed by atoms with van der Waals surface area (Å²) < 4.78 is 5.36. The summed E-state index contributed by atoms with van der Waals surface area (Å²) in [6, 6.07) is 8.99. The topological polar surface area (TPSA) is 114 Å². The number of nitrogens with zero attached hydrogens (tertiary/aromatic N) is 2. The number of nitro groups is 1. The minimum atomic E-state index is -0.591. The highest BCUT2D eigenvalue weighted by Crippen LogP contribution is 2.21. The normalized spacial score (nSPS) is 10.6. The van der Waals surface area contributed by atoms with Crippen molar-refractivity contribution in [2.75, 3.05) is 6.61 Å². The molecule has 0 aliphatic rings. The van der Waals surface area contributed by atoms with E-state index in [9.17, 15) is 20.0 Å². The van der Waals surface area contributed by atoms with Crippen molar-refractivity contribution in [3.05, 3.63) is 63.2 Å². The van der Waals surface area contributed by atoms with Crippen molar-refractivity contribution < 1.29 is 19.6 Å². The van der Waals surface area contributed by atoms with Crippen LogP contribution < -0.4 is 10.2 Å². The molecule has 0 aromatic heterocycles. The summed E-state index contributed by atoms with van der Waals surface area (Å²) in [5, 5.41) is 24.0. The lowest BCUT2D eigenvalue weighted by molar-refractivity contribution is -0.384. The van der Waals surface area contributed by atoms with Crippen LogP contribution in [0.3, 0.4) is 0 Å². The van der Waals surface area contributed by atoms with Crippen LogP contribution in [0.15, 0.2) is 41.5 Å². The van der Waals surface area contributed by atoms with Gasteiger partial charge in [0, 0.05) is 17.7 Å². The number of amides is 1. The van der Waals surface area contributed by atoms with Gasteiger partial charge in [0.2, 0.25) is 0 Å². The molecule has 0 unspecified atom stereocenters. The average molecular weight is 343 g/mol. The van der Waals surface area contributed by atoms with Gasteiger partial charge in [-0.15, -0.1) is 0 Å². The molecule has 0 bridgehead atoms. The molecule has 0 atom stereocenters. The number of carbonyl (C=O) groups is 1. The van der Waals surface area contributed by atoms with Gasteiger partial charge >= 0.3 is 0 Å². The van der Waals surface area contributed by atoms with Crippen molar-refractivity contribution in [3.63, 3.8) is 0 Å². The van der Waals surface area contributed by atoms with Gasteiger partial charge in [0.05, 0.1) is 11.1 Å². The Hall–Kier alpha value is -3.42. The molecule has 1 amide bonds. The largest absolute Gasteiger partial charge is 0.507 e. The third kappa shape index (κ3) is 5.03. The smallest absolute Gasteiger partial charge is 0.277 e. The van der Waals surface area contributed by atoms with Gasteiger partial charge in [-0.25, -0.2) is 5.43 Å². The monoisotopic (exact) mass is 343 g/mol. The van der Waals surface area contributed by atoms with E-state index in [4.69, 9.17) is 4.74 Å². The molecule has 0 heterocycles. The summed E-state index contributed by atoms with van der Waals surface area (Å²) in [5.41, 5.74) is 4.33. The van der Waals surface area contributed by atoms with E-state index in [1.807, 2.05) is 26.0 Å². The Bertz CT molecular complexity index is 833. The quantitative estimate of drug-likeness (QED) is 0.475. The van der Waals surface area contributed by atoms with Crippen molar-refractivity contribution in [2.24, 2.45) is 5.10 Å². The maximum absolute atomic E-state index is 11.7. The number of nitro benzene ring substituents is 1. The van der Waals surface area contributed by atoms with Crippen LogP contribution in [0.1, 0.15) is 16.7 Å². The minimum absolute atomic E-state index is 0.115. The van der Waals surface area contributed by atoms with Crippen LogP contribution in [0.2, 0.25) is 0 Å². The predicted octanol–water partition coefficient (Wildman–Crippen LogP) is 2.45. The maximum Gasteiger partial charge on any atom is 0.277 e. The number of benzene rings is 2. The first-order chi connectivity index (χ1) is 11.9. The number of hydrogen-bond donors (Lipinski definition) is 2. The molecule has 8 heteroatoms.